The predicted molar refractivity (Wildman–Crippen MR) is 123 cm³/mol. The van der Waals surface area contributed by atoms with Crippen molar-refractivity contribution in [3.8, 4) is 5.75 Å². The largest absolute Gasteiger partial charge is 0.497 e. The van der Waals surface area contributed by atoms with Gasteiger partial charge in [0.15, 0.2) is 0 Å². The highest BCUT2D eigenvalue weighted by atomic mass is 79.9. The van der Waals surface area contributed by atoms with Crippen molar-refractivity contribution in [1.29, 1.82) is 0 Å². The standard InChI is InChI=1S/C22H24BrN3O3S/c1-29-19-7-5-16(6-8-19)20(27)26-13-14-30-22(26)9-11-25(12-10-22)21(28)24-18-4-2-3-17(23)15-18/h2-8,15H,9-14H2,1H3,(H,24,28). The van der Waals surface area contributed by atoms with Gasteiger partial charge in [0.1, 0.15) is 5.75 Å². The molecule has 1 spiro atoms. The van der Waals surface area contributed by atoms with Crippen molar-refractivity contribution in [3.63, 3.8) is 0 Å². The maximum atomic E-state index is 13.2. The molecule has 2 aliphatic heterocycles. The Kier molecular flexibility index (Phi) is 6.24. The van der Waals surface area contributed by atoms with Crippen LogP contribution < -0.4 is 10.1 Å². The Morgan fingerprint density at radius 1 is 1.10 bits per heavy atom. The molecule has 2 aliphatic rings. The number of rotatable bonds is 3. The van der Waals surface area contributed by atoms with E-state index in [0.29, 0.717) is 18.7 Å². The van der Waals surface area contributed by atoms with Gasteiger partial charge in [-0.15, -0.1) is 11.8 Å². The lowest BCUT2D eigenvalue weighted by Gasteiger charge is -2.44. The van der Waals surface area contributed by atoms with Crippen LogP contribution in [0.15, 0.2) is 53.0 Å². The fraction of sp³-hybridized carbons (Fsp3) is 0.364. The average molecular weight is 490 g/mol. The Labute approximate surface area is 189 Å². The number of nitrogens with one attached hydrogen (secondary N) is 1. The van der Waals surface area contributed by atoms with Gasteiger partial charge in [-0.1, -0.05) is 22.0 Å². The third kappa shape index (κ3) is 4.30. The Balaban J connectivity index is 1.40. The van der Waals surface area contributed by atoms with Gasteiger partial charge in [0, 0.05) is 41.1 Å². The lowest BCUT2D eigenvalue weighted by Crippen LogP contribution is -2.54. The molecule has 0 aliphatic carbocycles. The minimum Gasteiger partial charge on any atom is -0.497 e. The fourth-order valence-corrected chi connectivity index (χ4v) is 5.88. The van der Waals surface area contributed by atoms with Crippen molar-refractivity contribution in [2.45, 2.75) is 17.7 Å². The van der Waals surface area contributed by atoms with Gasteiger partial charge >= 0.3 is 6.03 Å². The Bertz CT molecular complexity index is 929. The van der Waals surface area contributed by atoms with Gasteiger partial charge in [-0.3, -0.25) is 4.79 Å². The molecule has 8 heteroatoms. The second kappa shape index (κ2) is 8.89. The molecule has 158 valence electrons. The molecule has 0 saturated carbocycles. The highest BCUT2D eigenvalue weighted by Gasteiger charge is 2.47. The van der Waals surface area contributed by atoms with Crippen LogP contribution >= 0.6 is 27.7 Å². The van der Waals surface area contributed by atoms with E-state index < -0.39 is 0 Å². The Morgan fingerprint density at radius 3 is 2.50 bits per heavy atom. The number of urea groups is 1. The first-order valence-electron chi connectivity index (χ1n) is 9.92. The van der Waals surface area contributed by atoms with E-state index in [1.54, 1.807) is 7.11 Å². The molecule has 3 amide bonds. The summed E-state index contributed by atoms with van der Waals surface area (Å²) in [6.07, 6.45) is 1.54. The fourth-order valence-electron chi connectivity index (χ4n) is 4.03. The highest BCUT2D eigenvalue weighted by molar-refractivity contribution is 9.10. The van der Waals surface area contributed by atoms with E-state index in [4.69, 9.17) is 4.74 Å². The number of piperidine rings is 1. The summed E-state index contributed by atoms with van der Waals surface area (Å²) in [7, 11) is 1.61. The van der Waals surface area contributed by atoms with Crippen molar-refractivity contribution in [3.05, 3.63) is 58.6 Å². The van der Waals surface area contributed by atoms with Crippen LogP contribution in [0.4, 0.5) is 10.5 Å². The van der Waals surface area contributed by atoms with Gasteiger partial charge in [0.2, 0.25) is 0 Å². The molecule has 30 heavy (non-hydrogen) atoms. The maximum Gasteiger partial charge on any atom is 0.321 e. The monoisotopic (exact) mass is 489 g/mol. The molecule has 2 saturated heterocycles. The first kappa shape index (κ1) is 21.1. The van der Waals surface area contributed by atoms with Crippen LogP contribution in [-0.4, -0.2) is 59.1 Å². The molecular weight excluding hydrogens is 466 g/mol. The zero-order valence-electron chi connectivity index (χ0n) is 16.8. The molecular formula is C22H24BrN3O3S. The van der Waals surface area contributed by atoms with E-state index in [-0.39, 0.29) is 16.8 Å². The molecule has 0 aromatic heterocycles. The number of likely N-dealkylation sites (tertiary alicyclic amines) is 1. The smallest absolute Gasteiger partial charge is 0.321 e. The molecule has 6 nitrogen and oxygen atoms in total. The molecule has 2 fully saturated rings. The lowest BCUT2D eigenvalue weighted by atomic mass is 10.0. The van der Waals surface area contributed by atoms with E-state index in [9.17, 15) is 9.59 Å². The molecule has 0 radical (unpaired) electrons. The van der Waals surface area contributed by atoms with Gasteiger partial charge in [-0.05, 0) is 55.3 Å². The van der Waals surface area contributed by atoms with E-state index in [1.807, 2.05) is 70.1 Å². The molecule has 4 rings (SSSR count). The number of hydrogen-bond donors (Lipinski definition) is 1. The minimum absolute atomic E-state index is 0.0506. The second-order valence-corrected chi connectivity index (χ2v) is 9.78. The summed E-state index contributed by atoms with van der Waals surface area (Å²) in [5.74, 6) is 1.71. The van der Waals surface area contributed by atoms with Crippen LogP contribution in [0, 0.1) is 0 Å². The van der Waals surface area contributed by atoms with E-state index >= 15 is 0 Å². The first-order valence-corrected chi connectivity index (χ1v) is 11.7. The summed E-state index contributed by atoms with van der Waals surface area (Å²) in [6, 6.07) is 14.7. The number of ether oxygens (including phenoxy) is 1. The zero-order valence-corrected chi connectivity index (χ0v) is 19.2. The molecule has 2 heterocycles. The number of benzene rings is 2. The average Bonchev–Trinajstić information content (AvgIpc) is 3.16. The normalized spacial score (nSPS) is 17.8. The van der Waals surface area contributed by atoms with Gasteiger partial charge in [-0.2, -0.15) is 0 Å². The van der Waals surface area contributed by atoms with Crippen molar-refractivity contribution >= 4 is 45.3 Å². The van der Waals surface area contributed by atoms with E-state index in [2.05, 4.69) is 21.2 Å². The minimum atomic E-state index is -0.233. The number of carbonyl (C=O) groups excluding carboxylic acids is 2. The van der Waals surface area contributed by atoms with Crippen LogP contribution in [0.2, 0.25) is 0 Å². The van der Waals surface area contributed by atoms with Gasteiger partial charge in [0.05, 0.1) is 12.0 Å². The molecule has 0 bridgehead atoms. The quantitative estimate of drug-likeness (QED) is 0.680. The number of carbonyl (C=O) groups is 2. The summed E-state index contributed by atoms with van der Waals surface area (Å²) in [6.45, 7) is 1.98. The molecule has 2 aromatic rings. The highest BCUT2D eigenvalue weighted by Crippen LogP contribution is 2.44. The van der Waals surface area contributed by atoms with Crippen molar-refractivity contribution in [2.75, 3.05) is 37.8 Å². The summed E-state index contributed by atoms with van der Waals surface area (Å²) in [5.41, 5.74) is 1.44. The zero-order chi connectivity index (χ0) is 21.1. The second-order valence-electron chi connectivity index (χ2n) is 7.41. The Hall–Kier alpha value is -2.19. The van der Waals surface area contributed by atoms with Crippen molar-refractivity contribution in [1.82, 2.24) is 9.80 Å². The predicted octanol–water partition coefficient (Wildman–Crippen LogP) is 4.67. The number of methoxy groups -OCH3 is 1. The van der Waals surface area contributed by atoms with Gasteiger partial charge in [-0.25, -0.2) is 4.79 Å². The van der Waals surface area contributed by atoms with Gasteiger partial charge in [0.25, 0.3) is 5.91 Å². The number of halogens is 1. The van der Waals surface area contributed by atoms with Crippen molar-refractivity contribution < 1.29 is 14.3 Å². The van der Waals surface area contributed by atoms with Gasteiger partial charge < -0.3 is 19.9 Å². The first-order chi connectivity index (χ1) is 14.5. The SMILES string of the molecule is COc1ccc(C(=O)N2CCSC23CCN(C(=O)Nc2cccc(Br)c2)CC3)cc1. The van der Waals surface area contributed by atoms with E-state index in [1.165, 1.54) is 0 Å². The van der Waals surface area contributed by atoms with Crippen LogP contribution in [0.25, 0.3) is 0 Å². The lowest BCUT2D eigenvalue weighted by molar-refractivity contribution is 0.0585. The Morgan fingerprint density at radius 2 is 1.83 bits per heavy atom. The molecule has 1 N–H and O–H groups in total. The number of anilines is 1. The third-order valence-electron chi connectivity index (χ3n) is 5.67. The topological polar surface area (TPSA) is 61.9 Å². The number of thioether (sulfide) groups is 1. The van der Waals surface area contributed by atoms with Crippen LogP contribution in [0.5, 0.6) is 5.75 Å². The molecule has 2 aromatic carbocycles. The number of hydrogen-bond acceptors (Lipinski definition) is 4. The molecule has 0 atom stereocenters. The summed E-state index contributed by atoms with van der Waals surface area (Å²) < 4.78 is 6.12. The summed E-state index contributed by atoms with van der Waals surface area (Å²) in [4.78, 5) is 29.5. The maximum absolute atomic E-state index is 13.2. The number of nitrogens with zero attached hydrogens (tertiary/aromatic N) is 2. The van der Waals surface area contributed by atoms with E-state index in [0.717, 1.165) is 41.0 Å². The van der Waals surface area contributed by atoms with Crippen LogP contribution in [-0.2, 0) is 0 Å². The molecule has 0 unspecified atom stereocenters. The summed E-state index contributed by atoms with van der Waals surface area (Å²) >= 11 is 5.26. The van der Waals surface area contributed by atoms with Crippen LogP contribution in [0.3, 0.4) is 0 Å². The summed E-state index contributed by atoms with van der Waals surface area (Å²) in [5, 5.41) is 2.96. The van der Waals surface area contributed by atoms with Crippen molar-refractivity contribution in [2.24, 2.45) is 0 Å². The number of amides is 3. The van der Waals surface area contributed by atoms with Crippen LogP contribution in [0.1, 0.15) is 23.2 Å². The third-order valence-corrected chi connectivity index (χ3v) is 7.71.